The molecule has 1 heterocycles. The summed E-state index contributed by atoms with van der Waals surface area (Å²) >= 11 is 4.87. The summed E-state index contributed by atoms with van der Waals surface area (Å²) in [4.78, 5) is 34.3. The van der Waals surface area contributed by atoms with Crippen LogP contribution in [0.1, 0.15) is 15.9 Å². The maximum Gasteiger partial charge on any atom is 0.343 e. The highest BCUT2D eigenvalue weighted by atomic mass is 32.1. The number of esters is 1. The number of methoxy groups -OCH3 is 1. The Hall–Kier alpha value is -3.79. The Morgan fingerprint density at radius 3 is 2.61 bits per heavy atom. The monoisotopic (exact) mass is 399 g/mol. The highest BCUT2D eigenvalue weighted by molar-refractivity contribution is 7.80. The van der Waals surface area contributed by atoms with Crippen LogP contribution >= 0.6 is 12.2 Å². The number of nitro groups is 1. The van der Waals surface area contributed by atoms with E-state index >= 15 is 0 Å². The van der Waals surface area contributed by atoms with Gasteiger partial charge in [0.25, 0.3) is 11.6 Å². The fraction of sp³-hybridized carbons (Fsp3) is 0.0556. The van der Waals surface area contributed by atoms with Crippen LogP contribution in [0.4, 0.5) is 5.69 Å². The van der Waals surface area contributed by atoms with Crippen LogP contribution in [0, 0.1) is 10.1 Å². The van der Waals surface area contributed by atoms with E-state index in [0.717, 1.165) is 6.07 Å². The summed E-state index contributed by atoms with van der Waals surface area (Å²) in [5.74, 6) is -0.755. The fourth-order valence-corrected chi connectivity index (χ4v) is 2.62. The van der Waals surface area contributed by atoms with Gasteiger partial charge in [0, 0.05) is 12.1 Å². The predicted octanol–water partition coefficient (Wildman–Crippen LogP) is 2.17. The van der Waals surface area contributed by atoms with Crippen molar-refractivity contribution in [2.45, 2.75) is 0 Å². The molecule has 0 radical (unpaired) electrons. The number of non-ortho nitro benzene ring substituents is 1. The highest BCUT2D eigenvalue weighted by Gasteiger charge is 2.20. The molecule has 0 aliphatic carbocycles. The molecular formula is C18H13N3O6S. The molecule has 0 saturated carbocycles. The number of thiocarbonyl (C=S) groups is 1. The first-order chi connectivity index (χ1) is 13.4. The van der Waals surface area contributed by atoms with E-state index in [2.05, 4.69) is 10.6 Å². The molecule has 0 unspecified atom stereocenters. The number of hydrogen-bond acceptors (Lipinski definition) is 7. The van der Waals surface area contributed by atoms with Gasteiger partial charge in [0.2, 0.25) is 0 Å². The van der Waals surface area contributed by atoms with Gasteiger partial charge in [0.1, 0.15) is 5.70 Å². The van der Waals surface area contributed by atoms with Crippen molar-refractivity contribution >= 4 is 41.0 Å². The van der Waals surface area contributed by atoms with Crippen LogP contribution in [0.25, 0.3) is 6.08 Å². The number of rotatable bonds is 5. The first kappa shape index (κ1) is 19.0. The number of carbonyl (C=O) groups excluding carboxylic acids is 2. The van der Waals surface area contributed by atoms with Gasteiger partial charge >= 0.3 is 5.97 Å². The Labute approximate surface area is 164 Å². The zero-order valence-corrected chi connectivity index (χ0v) is 15.2. The van der Waals surface area contributed by atoms with E-state index in [0.29, 0.717) is 5.56 Å². The average molecular weight is 399 g/mol. The second-order valence-electron chi connectivity index (χ2n) is 5.57. The molecule has 0 bridgehead atoms. The molecule has 2 aromatic rings. The normalized spacial score (nSPS) is 14.4. The van der Waals surface area contributed by atoms with Gasteiger partial charge in [-0.3, -0.25) is 20.2 Å². The van der Waals surface area contributed by atoms with Crippen molar-refractivity contribution in [3.63, 3.8) is 0 Å². The second-order valence-corrected chi connectivity index (χ2v) is 5.98. The molecule has 9 nitrogen and oxygen atoms in total. The molecule has 1 aliphatic heterocycles. The molecule has 2 N–H and O–H groups in total. The summed E-state index contributed by atoms with van der Waals surface area (Å²) in [5, 5.41) is 16.2. The summed E-state index contributed by atoms with van der Waals surface area (Å²) in [7, 11) is 1.40. The van der Waals surface area contributed by atoms with E-state index in [9.17, 15) is 19.7 Å². The topological polar surface area (TPSA) is 120 Å². The molecule has 1 amide bonds. The highest BCUT2D eigenvalue weighted by Crippen LogP contribution is 2.30. The second kappa shape index (κ2) is 7.84. The summed E-state index contributed by atoms with van der Waals surface area (Å²) in [6.45, 7) is 0. The van der Waals surface area contributed by atoms with Crippen LogP contribution in [0.2, 0.25) is 0 Å². The Morgan fingerprint density at radius 1 is 1.18 bits per heavy atom. The number of ether oxygens (including phenoxy) is 2. The Morgan fingerprint density at radius 2 is 1.96 bits per heavy atom. The predicted molar refractivity (Wildman–Crippen MR) is 103 cm³/mol. The van der Waals surface area contributed by atoms with E-state index < -0.39 is 10.9 Å². The van der Waals surface area contributed by atoms with Crippen molar-refractivity contribution in [2.24, 2.45) is 0 Å². The van der Waals surface area contributed by atoms with E-state index in [1.807, 2.05) is 0 Å². The lowest BCUT2D eigenvalue weighted by Crippen LogP contribution is -2.21. The third-order valence-corrected chi connectivity index (χ3v) is 3.92. The lowest BCUT2D eigenvalue weighted by Gasteiger charge is -2.10. The molecule has 3 rings (SSSR count). The average Bonchev–Trinajstić information content (AvgIpc) is 2.99. The Kier molecular flexibility index (Phi) is 5.32. The number of benzene rings is 2. The molecule has 0 spiro atoms. The number of nitrogens with zero attached hydrogens (tertiary/aromatic N) is 1. The minimum atomic E-state index is -0.768. The van der Waals surface area contributed by atoms with Gasteiger partial charge < -0.3 is 14.8 Å². The molecule has 142 valence electrons. The quantitative estimate of drug-likeness (QED) is 0.196. The largest absolute Gasteiger partial charge is 0.493 e. The van der Waals surface area contributed by atoms with Crippen LogP contribution in [0.5, 0.6) is 11.5 Å². The molecule has 1 aliphatic rings. The van der Waals surface area contributed by atoms with Gasteiger partial charge in [0.05, 0.1) is 17.6 Å². The van der Waals surface area contributed by atoms with E-state index in [1.165, 1.54) is 31.4 Å². The van der Waals surface area contributed by atoms with Crippen molar-refractivity contribution in [3.8, 4) is 11.5 Å². The van der Waals surface area contributed by atoms with Gasteiger partial charge in [-0.2, -0.15) is 0 Å². The smallest absolute Gasteiger partial charge is 0.343 e. The minimum absolute atomic E-state index is 0.0304. The number of hydrogen-bond donors (Lipinski definition) is 2. The van der Waals surface area contributed by atoms with Gasteiger partial charge in [-0.1, -0.05) is 12.1 Å². The molecule has 0 atom stereocenters. The van der Waals surface area contributed by atoms with Crippen LogP contribution < -0.4 is 20.1 Å². The number of nitro benzene ring substituents is 1. The first-order valence-corrected chi connectivity index (χ1v) is 8.27. The first-order valence-electron chi connectivity index (χ1n) is 7.86. The molecule has 28 heavy (non-hydrogen) atoms. The third-order valence-electron chi connectivity index (χ3n) is 3.71. The lowest BCUT2D eigenvalue weighted by molar-refractivity contribution is -0.384. The SMILES string of the molecule is COc1cc(/C=C2/NC(=S)NC2=O)ccc1OC(=O)c1cccc([N+](=O)[O-])c1. The molecular weight excluding hydrogens is 386 g/mol. The number of amides is 1. The molecule has 0 aromatic heterocycles. The zero-order valence-electron chi connectivity index (χ0n) is 14.4. The number of nitrogens with one attached hydrogen (secondary N) is 2. The van der Waals surface area contributed by atoms with Crippen molar-refractivity contribution in [3.05, 3.63) is 69.4 Å². The van der Waals surface area contributed by atoms with Gasteiger partial charge in [-0.05, 0) is 42.1 Å². The number of carbonyl (C=O) groups is 2. The van der Waals surface area contributed by atoms with Gasteiger partial charge in [-0.15, -0.1) is 0 Å². The summed E-state index contributed by atoms with van der Waals surface area (Å²) in [6.07, 6.45) is 1.56. The van der Waals surface area contributed by atoms with E-state index in [4.69, 9.17) is 21.7 Å². The van der Waals surface area contributed by atoms with E-state index in [-0.39, 0.29) is 39.5 Å². The van der Waals surface area contributed by atoms with Crippen LogP contribution in [0.3, 0.4) is 0 Å². The molecule has 1 fully saturated rings. The van der Waals surface area contributed by atoms with Crippen LogP contribution in [-0.2, 0) is 4.79 Å². The van der Waals surface area contributed by atoms with Crippen LogP contribution in [-0.4, -0.2) is 29.0 Å². The molecule has 1 saturated heterocycles. The summed E-state index contributed by atoms with van der Waals surface area (Å²) < 4.78 is 10.5. The minimum Gasteiger partial charge on any atom is -0.493 e. The fourth-order valence-electron chi connectivity index (χ4n) is 2.41. The van der Waals surface area contributed by atoms with Crippen molar-refractivity contribution in [1.29, 1.82) is 0 Å². The van der Waals surface area contributed by atoms with E-state index in [1.54, 1.807) is 18.2 Å². The van der Waals surface area contributed by atoms with Crippen LogP contribution in [0.15, 0.2) is 48.2 Å². The Balaban J connectivity index is 1.83. The zero-order chi connectivity index (χ0) is 20.3. The summed E-state index contributed by atoms with van der Waals surface area (Å²) in [6, 6.07) is 9.88. The maximum absolute atomic E-state index is 12.3. The molecule has 2 aromatic carbocycles. The molecule has 10 heteroatoms. The standard InChI is InChI=1S/C18H13N3O6S/c1-26-15-8-10(7-13-16(22)20-18(28)19-13)5-6-14(15)27-17(23)11-3-2-4-12(9-11)21(24)25/h2-9H,1H3,(H2,19,20,22,28)/b13-7+. The third kappa shape index (κ3) is 4.13. The van der Waals surface area contributed by atoms with Crippen molar-refractivity contribution in [2.75, 3.05) is 7.11 Å². The summed E-state index contributed by atoms with van der Waals surface area (Å²) in [5.41, 5.74) is 0.689. The van der Waals surface area contributed by atoms with Gasteiger partial charge in [0.15, 0.2) is 16.6 Å². The maximum atomic E-state index is 12.3. The van der Waals surface area contributed by atoms with Gasteiger partial charge in [-0.25, -0.2) is 4.79 Å². The Bertz CT molecular complexity index is 1030. The lowest BCUT2D eigenvalue weighted by atomic mass is 10.1. The van der Waals surface area contributed by atoms with Crippen molar-refractivity contribution < 1.29 is 24.0 Å². The van der Waals surface area contributed by atoms with Crippen molar-refractivity contribution in [1.82, 2.24) is 10.6 Å².